The predicted octanol–water partition coefficient (Wildman–Crippen LogP) is 4.22. The molecule has 0 saturated heterocycles. The summed E-state index contributed by atoms with van der Waals surface area (Å²) in [7, 11) is 0. The molecule has 0 amide bonds. The highest BCUT2D eigenvalue weighted by Crippen LogP contribution is 2.40. The zero-order valence-electron chi connectivity index (χ0n) is 10.0. The summed E-state index contributed by atoms with van der Waals surface area (Å²) in [6.07, 6.45) is 1.30. The number of halogens is 2. The summed E-state index contributed by atoms with van der Waals surface area (Å²) < 4.78 is 5.97. The summed E-state index contributed by atoms with van der Waals surface area (Å²) in [5.41, 5.74) is -0.738. The Morgan fingerprint density at radius 1 is 1.10 bits per heavy atom. The number of hydrogen-bond acceptors (Lipinski definition) is 6. The molecule has 1 aromatic carbocycles. The van der Waals surface area contributed by atoms with Crippen LogP contribution in [0.5, 0.6) is 11.6 Å². The van der Waals surface area contributed by atoms with E-state index in [1.165, 1.54) is 30.5 Å². The molecule has 108 valence electrons. The second kappa shape index (κ2) is 6.14. The van der Waals surface area contributed by atoms with E-state index >= 15 is 0 Å². The third-order valence-electron chi connectivity index (χ3n) is 2.34. The number of para-hydroxylation sites is 1. The van der Waals surface area contributed by atoms with Crippen LogP contribution in [0.15, 0.2) is 39.4 Å². The van der Waals surface area contributed by atoms with Crippen molar-refractivity contribution in [3.63, 3.8) is 0 Å². The van der Waals surface area contributed by atoms with Crippen molar-refractivity contribution in [3.05, 3.63) is 59.6 Å². The number of benzene rings is 1. The standard InChI is InChI=1S/C11H5Br2N3O5/c12-6-4-9(16(19)20)11(14-5-6)21-10-7(13)2-1-3-8(10)15(17)18/h1-5H. The highest BCUT2D eigenvalue weighted by Gasteiger charge is 2.24. The molecule has 0 radical (unpaired) electrons. The quantitative estimate of drug-likeness (QED) is 0.543. The number of nitro benzene ring substituents is 1. The minimum atomic E-state index is -0.685. The van der Waals surface area contributed by atoms with Gasteiger partial charge in [0.05, 0.1) is 14.3 Å². The Morgan fingerprint density at radius 3 is 2.38 bits per heavy atom. The summed E-state index contributed by atoms with van der Waals surface area (Å²) in [6, 6.07) is 5.40. The number of rotatable bonds is 4. The molecule has 0 atom stereocenters. The van der Waals surface area contributed by atoms with Gasteiger partial charge in [-0.1, -0.05) is 6.07 Å². The second-order valence-corrected chi connectivity index (χ2v) is 5.45. The van der Waals surface area contributed by atoms with Crippen molar-refractivity contribution in [3.8, 4) is 11.6 Å². The number of nitro groups is 2. The first kappa shape index (κ1) is 15.3. The van der Waals surface area contributed by atoms with Gasteiger partial charge in [-0.25, -0.2) is 4.98 Å². The van der Waals surface area contributed by atoms with E-state index < -0.39 is 15.5 Å². The van der Waals surface area contributed by atoms with E-state index in [0.717, 1.165) is 0 Å². The highest BCUT2D eigenvalue weighted by atomic mass is 79.9. The summed E-state index contributed by atoms with van der Waals surface area (Å²) in [6.45, 7) is 0. The Morgan fingerprint density at radius 2 is 1.76 bits per heavy atom. The first-order valence-corrected chi connectivity index (χ1v) is 6.89. The third kappa shape index (κ3) is 3.34. The van der Waals surface area contributed by atoms with Crippen LogP contribution in [0.2, 0.25) is 0 Å². The van der Waals surface area contributed by atoms with E-state index in [2.05, 4.69) is 36.8 Å². The third-order valence-corrected chi connectivity index (χ3v) is 3.40. The first-order chi connectivity index (χ1) is 9.90. The Bertz CT molecular complexity index is 738. The molecule has 0 aliphatic heterocycles. The Balaban J connectivity index is 2.53. The lowest BCUT2D eigenvalue weighted by Crippen LogP contribution is -1.99. The largest absolute Gasteiger partial charge is 0.425 e. The predicted molar refractivity (Wildman–Crippen MR) is 79.5 cm³/mol. The van der Waals surface area contributed by atoms with Gasteiger partial charge in [0.15, 0.2) is 0 Å². The van der Waals surface area contributed by atoms with Gasteiger partial charge in [-0.3, -0.25) is 20.2 Å². The van der Waals surface area contributed by atoms with Crippen LogP contribution in [0.25, 0.3) is 0 Å². The maximum absolute atomic E-state index is 11.0. The van der Waals surface area contributed by atoms with Crippen molar-refractivity contribution < 1.29 is 14.6 Å². The molecule has 0 N–H and O–H groups in total. The number of hydrogen-bond donors (Lipinski definition) is 0. The smallest absolute Gasteiger partial charge is 0.332 e. The molecule has 0 bridgehead atoms. The summed E-state index contributed by atoms with van der Waals surface area (Å²) in [5.74, 6) is -0.487. The van der Waals surface area contributed by atoms with Crippen molar-refractivity contribution in [1.82, 2.24) is 4.98 Å². The van der Waals surface area contributed by atoms with Crippen LogP contribution in [-0.2, 0) is 0 Å². The molecule has 0 aliphatic carbocycles. The molecule has 0 aliphatic rings. The van der Waals surface area contributed by atoms with Crippen molar-refractivity contribution in [2.45, 2.75) is 0 Å². The van der Waals surface area contributed by atoms with Gasteiger partial charge in [0.1, 0.15) is 0 Å². The average molecular weight is 419 g/mol. The lowest BCUT2D eigenvalue weighted by atomic mass is 10.3. The molecule has 1 heterocycles. The van der Waals surface area contributed by atoms with Gasteiger partial charge >= 0.3 is 11.4 Å². The van der Waals surface area contributed by atoms with Gasteiger partial charge < -0.3 is 4.74 Å². The molecular formula is C11H5Br2N3O5. The molecule has 8 nitrogen and oxygen atoms in total. The Kier molecular flexibility index (Phi) is 4.48. The van der Waals surface area contributed by atoms with Crippen LogP contribution < -0.4 is 4.74 Å². The van der Waals surface area contributed by atoms with Gasteiger partial charge in [-0.05, 0) is 37.9 Å². The van der Waals surface area contributed by atoms with Gasteiger partial charge in [-0.2, -0.15) is 0 Å². The Hall–Kier alpha value is -2.07. The molecule has 0 unspecified atom stereocenters. The molecule has 0 fully saturated rings. The van der Waals surface area contributed by atoms with E-state index in [4.69, 9.17) is 4.74 Å². The highest BCUT2D eigenvalue weighted by molar-refractivity contribution is 9.10. The van der Waals surface area contributed by atoms with Crippen molar-refractivity contribution >= 4 is 43.2 Å². The first-order valence-electron chi connectivity index (χ1n) is 5.31. The van der Waals surface area contributed by atoms with Crippen molar-refractivity contribution in [1.29, 1.82) is 0 Å². The molecule has 0 spiro atoms. The second-order valence-electron chi connectivity index (χ2n) is 3.68. The summed E-state index contributed by atoms with van der Waals surface area (Å²) in [4.78, 5) is 24.4. The number of pyridine rings is 1. The van der Waals surface area contributed by atoms with Crippen LogP contribution in [0.4, 0.5) is 11.4 Å². The van der Waals surface area contributed by atoms with Crippen LogP contribution in [0, 0.1) is 20.2 Å². The van der Waals surface area contributed by atoms with E-state index in [9.17, 15) is 20.2 Å². The summed E-state index contributed by atoms with van der Waals surface area (Å²) in [5, 5.41) is 22.0. The van der Waals surface area contributed by atoms with E-state index in [0.29, 0.717) is 4.47 Å². The lowest BCUT2D eigenvalue weighted by Gasteiger charge is -2.07. The average Bonchev–Trinajstić information content (AvgIpc) is 2.42. The fourth-order valence-electron chi connectivity index (χ4n) is 1.46. The summed E-state index contributed by atoms with van der Waals surface area (Å²) >= 11 is 6.17. The molecule has 10 heteroatoms. The van der Waals surface area contributed by atoms with E-state index in [-0.39, 0.29) is 21.8 Å². The molecule has 2 rings (SSSR count). The van der Waals surface area contributed by atoms with Gasteiger partial charge in [0.2, 0.25) is 5.75 Å². The monoisotopic (exact) mass is 417 g/mol. The number of ether oxygens (including phenoxy) is 1. The van der Waals surface area contributed by atoms with Crippen LogP contribution >= 0.6 is 31.9 Å². The van der Waals surface area contributed by atoms with Gasteiger partial charge in [0.25, 0.3) is 5.88 Å². The SMILES string of the molecule is O=[N+]([O-])c1cc(Br)cnc1Oc1c(Br)cccc1[N+](=O)[O-]. The number of nitrogens with zero attached hydrogens (tertiary/aromatic N) is 3. The number of aromatic nitrogens is 1. The lowest BCUT2D eigenvalue weighted by molar-refractivity contribution is -0.387. The van der Waals surface area contributed by atoms with E-state index in [1.807, 2.05) is 0 Å². The van der Waals surface area contributed by atoms with Gasteiger partial charge in [-0.15, -0.1) is 0 Å². The maximum Gasteiger partial charge on any atom is 0.332 e. The maximum atomic E-state index is 11.0. The molecule has 21 heavy (non-hydrogen) atoms. The van der Waals surface area contributed by atoms with Crippen LogP contribution in [-0.4, -0.2) is 14.8 Å². The zero-order valence-corrected chi connectivity index (χ0v) is 13.2. The molecule has 1 aromatic heterocycles. The minimum Gasteiger partial charge on any atom is -0.425 e. The van der Waals surface area contributed by atoms with Gasteiger partial charge in [0, 0.05) is 22.8 Å². The fourth-order valence-corrected chi connectivity index (χ4v) is 2.22. The Labute approximate surface area is 134 Å². The van der Waals surface area contributed by atoms with Crippen molar-refractivity contribution in [2.24, 2.45) is 0 Å². The normalized spacial score (nSPS) is 10.2. The molecule has 2 aromatic rings. The topological polar surface area (TPSA) is 108 Å². The molecular weight excluding hydrogens is 414 g/mol. The molecule has 0 saturated carbocycles. The van der Waals surface area contributed by atoms with Crippen LogP contribution in [0.3, 0.4) is 0 Å². The zero-order chi connectivity index (χ0) is 15.6. The van der Waals surface area contributed by atoms with E-state index in [1.54, 1.807) is 0 Å². The van der Waals surface area contributed by atoms with Crippen molar-refractivity contribution in [2.75, 3.05) is 0 Å². The fraction of sp³-hybridized carbons (Fsp3) is 0. The van der Waals surface area contributed by atoms with Crippen LogP contribution in [0.1, 0.15) is 0 Å². The minimum absolute atomic E-state index is 0.152.